The van der Waals surface area contributed by atoms with E-state index in [1.54, 1.807) is 20.8 Å². The first-order valence-electron chi connectivity index (χ1n) is 7.34. The van der Waals surface area contributed by atoms with Crippen LogP contribution < -0.4 is 10.6 Å². The smallest absolute Gasteiger partial charge is 0.416 e. The number of benzene rings is 1. The lowest BCUT2D eigenvalue weighted by atomic mass is 9.87. The second-order valence-corrected chi connectivity index (χ2v) is 6.44. The zero-order valence-corrected chi connectivity index (χ0v) is 14.4. The number of nitrogens with two attached hydrogens (primary N) is 1. The van der Waals surface area contributed by atoms with Crippen molar-refractivity contribution in [2.45, 2.75) is 33.0 Å². The molecule has 140 valence electrons. The number of amides is 1. The zero-order chi connectivity index (χ0) is 19.4. The molecule has 0 radical (unpaired) electrons. The molecule has 1 aromatic rings. The van der Waals surface area contributed by atoms with Crippen molar-refractivity contribution in [3.05, 3.63) is 29.8 Å². The summed E-state index contributed by atoms with van der Waals surface area (Å²) >= 11 is 0. The second kappa shape index (κ2) is 7.73. The molecule has 0 aliphatic rings. The minimum absolute atomic E-state index is 0.190. The molecule has 0 saturated heterocycles. The Balaban J connectivity index is 2.56. The van der Waals surface area contributed by atoms with Crippen LogP contribution in [0.1, 0.15) is 26.3 Å². The molecule has 0 bridgehead atoms. The van der Waals surface area contributed by atoms with Crippen molar-refractivity contribution in [1.29, 1.82) is 0 Å². The van der Waals surface area contributed by atoms with E-state index in [2.05, 4.69) is 0 Å². The highest BCUT2D eigenvalue weighted by molar-refractivity contribution is 5.87. The first kappa shape index (κ1) is 20.8. The Labute approximate surface area is 143 Å². The number of anilines is 1. The molecule has 1 amide bonds. The van der Waals surface area contributed by atoms with Crippen molar-refractivity contribution >= 4 is 17.7 Å². The van der Waals surface area contributed by atoms with E-state index in [0.717, 1.165) is 29.2 Å². The van der Waals surface area contributed by atoms with Gasteiger partial charge in [-0.25, -0.2) is 4.79 Å². The fourth-order valence-corrected chi connectivity index (χ4v) is 1.66. The highest BCUT2D eigenvalue weighted by Gasteiger charge is 2.31. The molecule has 0 spiro atoms. The van der Waals surface area contributed by atoms with Gasteiger partial charge in [-0.2, -0.15) is 13.2 Å². The van der Waals surface area contributed by atoms with Crippen molar-refractivity contribution in [3.63, 3.8) is 0 Å². The second-order valence-electron chi connectivity index (χ2n) is 6.44. The maximum Gasteiger partial charge on any atom is 0.416 e. The summed E-state index contributed by atoms with van der Waals surface area (Å²) in [6.07, 6.45) is -5.35. The summed E-state index contributed by atoms with van der Waals surface area (Å²) < 4.78 is 47.0. The lowest BCUT2D eigenvalue weighted by Gasteiger charge is -2.25. The molecule has 0 aromatic heterocycles. The molecule has 0 heterocycles. The monoisotopic (exact) mass is 362 g/mol. The molecule has 2 N–H and O–H groups in total. The van der Waals surface area contributed by atoms with E-state index in [1.165, 1.54) is 7.05 Å². The maximum atomic E-state index is 12.5. The normalized spacial score (nSPS) is 13.1. The molecule has 1 rings (SSSR count). The van der Waals surface area contributed by atoms with Crippen LogP contribution in [-0.4, -0.2) is 31.9 Å². The van der Waals surface area contributed by atoms with Crippen molar-refractivity contribution in [2.75, 3.05) is 18.7 Å². The molecule has 0 aliphatic heterocycles. The van der Waals surface area contributed by atoms with Crippen LogP contribution in [0.25, 0.3) is 0 Å². The number of halogens is 3. The van der Waals surface area contributed by atoms with E-state index < -0.39 is 42.1 Å². The number of alkyl halides is 3. The highest BCUT2D eigenvalue weighted by Crippen LogP contribution is 2.30. The predicted octanol–water partition coefficient (Wildman–Crippen LogP) is 3.15. The lowest BCUT2D eigenvalue weighted by molar-refractivity contribution is -0.155. The third-order valence-electron chi connectivity index (χ3n) is 3.43. The van der Waals surface area contributed by atoms with E-state index in [9.17, 15) is 22.8 Å². The predicted molar refractivity (Wildman–Crippen MR) is 84.7 cm³/mol. The molecule has 6 nitrogen and oxygen atoms in total. The molecule has 0 saturated carbocycles. The highest BCUT2D eigenvalue weighted by atomic mass is 19.4. The summed E-state index contributed by atoms with van der Waals surface area (Å²) in [5.74, 6) is -0.725. The average molecular weight is 362 g/mol. The van der Waals surface area contributed by atoms with Gasteiger partial charge in [-0.3, -0.25) is 9.69 Å². The summed E-state index contributed by atoms with van der Waals surface area (Å²) in [7, 11) is 1.31. The van der Waals surface area contributed by atoms with Gasteiger partial charge in [-0.05, 0) is 29.7 Å². The largest absolute Gasteiger partial charge is 0.427 e. The van der Waals surface area contributed by atoms with Crippen LogP contribution in [0.4, 0.5) is 23.7 Å². The number of rotatable bonds is 4. The van der Waals surface area contributed by atoms with E-state index >= 15 is 0 Å². The summed E-state index contributed by atoms with van der Waals surface area (Å²) in [5.41, 5.74) is 4.54. The molecule has 0 unspecified atom stereocenters. The summed E-state index contributed by atoms with van der Waals surface area (Å²) in [6, 6.07) is 3.07. The molecule has 1 aromatic carbocycles. The fraction of sp³-hybridized carbons (Fsp3) is 0.500. The minimum atomic E-state index is -4.46. The SMILES string of the molecule is CN(C(=O)OCOC(=O)[C@@H](N)C(C)(C)C)c1ccc(C(F)(F)F)cc1. The van der Waals surface area contributed by atoms with Gasteiger partial charge >= 0.3 is 18.2 Å². The van der Waals surface area contributed by atoms with Crippen LogP contribution in [0.5, 0.6) is 0 Å². The molecule has 0 fully saturated rings. The molecular weight excluding hydrogens is 341 g/mol. The van der Waals surface area contributed by atoms with Gasteiger partial charge in [0.05, 0.1) is 5.56 Å². The molecule has 0 aliphatic carbocycles. The van der Waals surface area contributed by atoms with Gasteiger partial charge in [0.15, 0.2) is 0 Å². The lowest BCUT2D eigenvalue weighted by Crippen LogP contribution is -2.43. The Morgan fingerprint density at radius 3 is 2.08 bits per heavy atom. The van der Waals surface area contributed by atoms with Gasteiger partial charge in [0.1, 0.15) is 6.04 Å². The number of carbonyl (C=O) groups excluding carboxylic acids is 2. The molecular formula is C16H21F3N2O4. The van der Waals surface area contributed by atoms with E-state index in [0.29, 0.717) is 0 Å². The van der Waals surface area contributed by atoms with Crippen molar-refractivity contribution in [2.24, 2.45) is 11.1 Å². The zero-order valence-electron chi connectivity index (χ0n) is 14.4. The van der Waals surface area contributed by atoms with E-state index in [1.807, 2.05) is 0 Å². The molecule has 9 heteroatoms. The van der Waals surface area contributed by atoms with Gasteiger partial charge < -0.3 is 15.2 Å². The third kappa shape index (κ3) is 5.93. The van der Waals surface area contributed by atoms with Crippen LogP contribution in [0.2, 0.25) is 0 Å². The Kier molecular flexibility index (Phi) is 6.42. The third-order valence-corrected chi connectivity index (χ3v) is 3.43. The van der Waals surface area contributed by atoms with Crippen molar-refractivity contribution < 1.29 is 32.2 Å². The van der Waals surface area contributed by atoms with E-state index in [-0.39, 0.29) is 5.69 Å². The topological polar surface area (TPSA) is 81.9 Å². The van der Waals surface area contributed by atoms with Crippen LogP contribution in [-0.2, 0) is 20.4 Å². The number of carbonyl (C=O) groups is 2. The number of hydrogen-bond acceptors (Lipinski definition) is 5. The Morgan fingerprint density at radius 1 is 1.12 bits per heavy atom. The van der Waals surface area contributed by atoms with Gasteiger partial charge in [0.2, 0.25) is 6.79 Å². The van der Waals surface area contributed by atoms with Gasteiger partial charge in [0, 0.05) is 12.7 Å². The Hall–Kier alpha value is -2.29. The van der Waals surface area contributed by atoms with Crippen LogP contribution in [0.15, 0.2) is 24.3 Å². The molecule has 25 heavy (non-hydrogen) atoms. The number of esters is 1. The average Bonchev–Trinajstić information content (AvgIpc) is 2.51. The Bertz CT molecular complexity index is 609. The van der Waals surface area contributed by atoms with Crippen molar-refractivity contribution in [1.82, 2.24) is 0 Å². The van der Waals surface area contributed by atoms with Gasteiger partial charge in [-0.15, -0.1) is 0 Å². The summed E-state index contributed by atoms with van der Waals surface area (Å²) in [4.78, 5) is 24.5. The summed E-state index contributed by atoms with van der Waals surface area (Å²) in [5, 5.41) is 0. The van der Waals surface area contributed by atoms with Crippen LogP contribution >= 0.6 is 0 Å². The number of hydrogen-bond donors (Lipinski definition) is 1. The number of ether oxygens (including phenoxy) is 2. The van der Waals surface area contributed by atoms with Gasteiger partial charge in [-0.1, -0.05) is 20.8 Å². The first-order valence-corrected chi connectivity index (χ1v) is 7.34. The summed E-state index contributed by atoms with van der Waals surface area (Å²) in [6.45, 7) is 4.61. The van der Waals surface area contributed by atoms with Crippen LogP contribution in [0, 0.1) is 5.41 Å². The minimum Gasteiger partial charge on any atom is -0.427 e. The Morgan fingerprint density at radius 2 is 1.64 bits per heavy atom. The quantitative estimate of drug-likeness (QED) is 0.657. The molecule has 1 atom stereocenters. The first-order chi connectivity index (χ1) is 11.3. The standard InChI is InChI=1S/C16H21F3N2O4/c1-15(2,3)12(20)13(22)24-9-25-14(23)21(4)11-7-5-10(6-8-11)16(17,18)19/h5-8,12H,9,20H2,1-4H3/t12-/m1/s1. The van der Waals surface area contributed by atoms with Crippen LogP contribution in [0.3, 0.4) is 0 Å². The van der Waals surface area contributed by atoms with Gasteiger partial charge in [0.25, 0.3) is 0 Å². The maximum absolute atomic E-state index is 12.5. The van der Waals surface area contributed by atoms with Crippen molar-refractivity contribution in [3.8, 4) is 0 Å². The number of nitrogens with zero attached hydrogens (tertiary/aromatic N) is 1. The fourth-order valence-electron chi connectivity index (χ4n) is 1.66. The van der Waals surface area contributed by atoms with E-state index in [4.69, 9.17) is 15.2 Å².